The third-order valence-corrected chi connectivity index (χ3v) is 3.16. The van der Waals surface area contributed by atoms with Gasteiger partial charge in [0.15, 0.2) is 11.6 Å². The quantitative estimate of drug-likeness (QED) is 0.788. The van der Waals surface area contributed by atoms with Gasteiger partial charge >= 0.3 is 0 Å². The SMILES string of the molecule is COc1cc(OCCN(C)C2CC2)c(F)cc1N. The van der Waals surface area contributed by atoms with Crippen LogP contribution in [0.5, 0.6) is 11.5 Å². The molecule has 0 heterocycles. The first-order valence-electron chi connectivity index (χ1n) is 6.08. The first-order valence-corrected chi connectivity index (χ1v) is 6.08. The first kappa shape index (κ1) is 13.0. The second-order valence-electron chi connectivity index (χ2n) is 4.58. The molecule has 2 rings (SSSR count). The summed E-state index contributed by atoms with van der Waals surface area (Å²) in [6.45, 7) is 1.24. The van der Waals surface area contributed by atoms with E-state index in [2.05, 4.69) is 11.9 Å². The largest absolute Gasteiger partial charge is 0.494 e. The zero-order valence-corrected chi connectivity index (χ0v) is 10.8. The lowest BCUT2D eigenvalue weighted by molar-refractivity contribution is 0.225. The minimum atomic E-state index is -0.456. The average molecular weight is 254 g/mol. The molecule has 5 heteroatoms. The molecule has 0 saturated heterocycles. The molecule has 1 aliphatic rings. The predicted octanol–water partition coefficient (Wildman–Crippen LogP) is 1.89. The number of hydrogen-bond acceptors (Lipinski definition) is 4. The summed E-state index contributed by atoms with van der Waals surface area (Å²) >= 11 is 0. The molecule has 0 atom stereocenters. The molecule has 1 saturated carbocycles. The van der Waals surface area contributed by atoms with E-state index in [9.17, 15) is 4.39 Å². The Bertz CT molecular complexity index is 422. The number of halogens is 1. The Morgan fingerprint density at radius 3 is 2.72 bits per heavy atom. The van der Waals surface area contributed by atoms with Gasteiger partial charge in [-0.15, -0.1) is 0 Å². The van der Waals surface area contributed by atoms with Crippen LogP contribution in [0.1, 0.15) is 12.8 Å². The Balaban J connectivity index is 1.91. The van der Waals surface area contributed by atoms with Crippen LogP contribution in [0.2, 0.25) is 0 Å². The molecule has 0 bridgehead atoms. The van der Waals surface area contributed by atoms with E-state index in [1.165, 1.54) is 32.1 Å². The predicted molar refractivity (Wildman–Crippen MR) is 68.5 cm³/mol. The summed E-state index contributed by atoms with van der Waals surface area (Å²) in [4.78, 5) is 2.23. The summed E-state index contributed by atoms with van der Waals surface area (Å²) in [6, 6.07) is 3.39. The molecule has 2 N–H and O–H groups in total. The fourth-order valence-corrected chi connectivity index (χ4v) is 1.83. The van der Waals surface area contributed by atoms with Gasteiger partial charge in [-0.25, -0.2) is 4.39 Å². The molecule has 1 aromatic rings. The molecule has 18 heavy (non-hydrogen) atoms. The molecule has 0 aromatic heterocycles. The summed E-state index contributed by atoms with van der Waals surface area (Å²) in [5, 5.41) is 0. The van der Waals surface area contributed by atoms with Crippen LogP contribution < -0.4 is 15.2 Å². The second-order valence-corrected chi connectivity index (χ2v) is 4.58. The van der Waals surface area contributed by atoms with Crippen LogP contribution >= 0.6 is 0 Å². The highest BCUT2D eigenvalue weighted by Gasteiger charge is 2.25. The number of anilines is 1. The number of ether oxygens (including phenoxy) is 2. The molecular weight excluding hydrogens is 235 g/mol. The van der Waals surface area contributed by atoms with E-state index in [1.807, 2.05) is 0 Å². The molecule has 0 amide bonds. The third-order valence-electron chi connectivity index (χ3n) is 3.16. The number of benzene rings is 1. The van der Waals surface area contributed by atoms with Gasteiger partial charge in [-0.3, -0.25) is 0 Å². The molecular formula is C13H19FN2O2. The van der Waals surface area contributed by atoms with Crippen LogP contribution in [0.15, 0.2) is 12.1 Å². The van der Waals surface area contributed by atoms with Crippen molar-refractivity contribution in [2.24, 2.45) is 0 Å². The molecule has 0 spiro atoms. The number of rotatable bonds is 6. The number of nitrogen functional groups attached to an aromatic ring is 1. The van der Waals surface area contributed by atoms with Crippen molar-refractivity contribution in [3.63, 3.8) is 0 Å². The van der Waals surface area contributed by atoms with Gasteiger partial charge in [-0.1, -0.05) is 0 Å². The van der Waals surface area contributed by atoms with E-state index in [0.29, 0.717) is 18.4 Å². The van der Waals surface area contributed by atoms with Crippen LogP contribution in [0.4, 0.5) is 10.1 Å². The lowest BCUT2D eigenvalue weighted by atomic mass is 10.2. The molecule has 0 unspecified atom stereocenters. The van der Waals surface area contributed by atoms with Gasteiger partial charge in [-0.05, 0) is 19.9 Å². The van der Waals surface area contributed by atoms with Gasteiger partial charge < -0.3 is 20.1 Å². The Kier molecular flexibility index (Phi) is 3.91. The standard InChI is InChI=1S/C13H19FN2O2/c1-16(9-3-4-9)5-6-18-12-8-13(17-2)11(15)7-10(12)14/h7-9H,3-6,15H2,1-2H3. The number of nitrogens with two attached hydrogens (primary N) is 1. The average Bonchev–Trinajstić information content (AvgIpc) is 3.15. The van der Waals surface area contributed by atoms with Crippen LogP contribution in [0, 0.1) is 5.82 Å². The summed E-state index contributed by atoms with van der Waals surface area (Å²) in [5.74, 6) is 0.162. The van der Waals surface area contributed by atoms with Gasteiger partial charge in [0.1, 0.15) is 12.4 Å². The van der Waals surface area contributed by atoms with Crippen LogP contribution in [-0.2, 0) is 0 Å². The Hall–Kier alpha value is -1.49. The highest BCUT2D eigenvalue weighted by molar-refractivity contribution is 5.56. The Morgan fingerprint density at radius 2 is 2.11 bits per heavy atom. The third kappa shape index (κ3) is 3.04. The van der Waals surface area contributed by atoms with Crippen LogP contribution in [0.25, 0.3) is 0 Å². The summed E-state index contributed by atoms with van der Waals surface area (Å²) < 4.78 is 24.1. The Morgan fingerprint density at radius 1 is 1.39 bits per heavy atom. The number of nitrogens with zero attached hydrogens (tertiary/aromatic N) is 1. The summed E-state index contributed by atoms with van der Waals surface area (Å²) in [7, 11) is 3.55. The molecule has 1 aromatic carbocycles. The molecule has 4 nitrogen and oxygen atoms in total. The molecule has 0 aliphatic heterocycles. The number of likely N-dealkylation sites (N-methyl/N-ethyl adjacent to an activating group) is 1. The van der Waals surface area contributed by atoms with E-state index in [1.54, 1.807) is 0 Å². The van der Waals surface area contributed by atoms with Crippen molar-refractivity contribution in [2.75, 3.05) is 33.0 Å². The summed E-state index contributed by atoms with van der Waals surface area (Å²) in [6.07, 6.45) is 2.50. The highest BCUT2D eigenvalue weighted by atomic mass is 19.1. The van der Waals surface area contributed by atoms with E-state index >= 15 is 0 Å². The first-order chi connectivity index (χ1) is 8.61. The van der Waals surface area contributed by atoms with Crippen molar-refractivity contribution in [2.45, 2.75) is 18.9 Å². The molecule has 100 valence electrons. The number of hydrogen-bond donors (Lipinski definition) is 1. The van der Waals surface area contributed by atoms with Gasteiger partial charge in [0.25, 0.3) is 0 Å². The lowest BCUT2D eigenvalue weighted by Crippen LogP contribution is -2.26. The van der Waals surface area contributed by atoms with Crippen molar-refractivity contribution in [1.29, 1.82) is 0 Å². The van der Waals surface area contributed by atoms with E-state index < -0.39 is 5.82 Å². The molecule has 0 radical (unpaired) electrons. The highest BCUT2D eigenvalue weighted by Crippen LogP contribution is 2.30. The fraction of sp³-hybridized carbons (Fsp3) is 0.538. The van der Waals surface area contributed by atoms with Gasteiger partial charge in [0, 0.05) is 24.7 Å². The molecule has 1 aliphatic carbocycles. The maximum Gasteiger partial charge on any atom is 0.167 e. The lowest BCUT2D eigenvalue weighted by Gasteiger charge is -2.16. The topological polar surface area (TPSA) is 47.7 Å². The van der Waals surface area contributed by atoms with Gasteiger partial charge in [0.05, 0.1) is 12.8 Å². The van der Waals surface area contributed by atoms with E-state index in [-0.39, 0.29) is 11.4 Å². The zero-order valence-electron chi connectivity index (χ0n) is 10.8. The van der Waals surface area contributed by atoms with Gasteiger partial charge in [0.2, 0.25) is 0 Å². The molecule has 1 fully saturated rings. The van der Waals surface area contributed by atoms with Crippen molar-refractivity contribution >= 4 is 5.69 Å². The Labute approximate surface area is 106 Å². The monoisotopic (exact) mass is 254 g/mol. The van der Waals surface area contributed by atoms with Crippen LogP contribution in [0.3, 0.4) is 0 Å². The second kappa shape index (κ2) is 5.44. The summed E-state index contributed by atoms with van der Waals surface area (Å²) in [5.41, 5.74) is 5.87. The number of methoxy groups -OCH3 is 1. The van der Waals surface area contributed by atoms with Crippen molar-refractivity contribution < 1.29 is 13.9 Å². The van der Waals surface area contributed by atoms with Crippen molar-refractivity contribution in [3.8, 4) is 11.5 Å². The maximum atomic E-state index is 13.6. The van der Waals surface area contributed by atoms with E-state index in [4.69, 9.17) is 15.2 Å². The van der Waals surface area contributed by atoms with Crippen LogP contribution in [-0.4, -0.2) is 38.3 Å². The smallest absolute Gasteiger partial charge is 0.167 e. The maximum absolute atomic E-state index is 13.6. The van der Waals surface area contributed by atoms with Gasteiger partial charge in [-0.2, -0.15) is 0 Å². The van der Waals surface area contributed by atoms with E-state index in [0.717, 1.165) is 6.54 Å². The zero-order chi connectivity index (χ0) is 13.1. The normalized spacial score (nSPS) is 14.9. The van der Waals surface area contributed by atoms with Crippen molar-refractivity contribution in [1.82, 2.24) is 4.90 Å². The minimum Gasteiger partial charge on any atom is -0.494 e. The van der Waals surface area contributed by atoms with Crippen molar-refractivity contribution in [3.05, 3.63) is 17.9 Å². The fourth-order valence-electron chi connectivity index (χ4n) is 1.83. The minimum absolute atomic E-state index is 0.185.